The largest absolute Gasteiger partial charge is 0.350 e. The smallest absolute Gasteiger partial charge is 0.247 e. The third-order valence-corrected chi connectivity index (χ3v) is 6.85. The minimum Gasteiger partial charge on any atom is -0.350 e. The van der Waals surface area contributed by atoms with Crippen molar-refractivity contribution in [2.75, 3.05) is 0 Å². The Morgan fingerprint density at radius 1 is 0.781 bits per heavy atom. The third kappa shape index (κ3) is 5.72. The van der Waals surface area contributed by atoms with E-state index in [9.17, 15) is 9.59 Å². The van der Waals surface area contributed by atoms with E-state index in [0.29, 0.717) is 13.1 Å². The van der Waals surface area contributed by atoms with E-state index >= 15 is 0 Å². The molecule has 4 aromatic rings. The molecule has 0 unspecified atom stereocenters. The lowest BCUT2D eigenvalue weighted by atomic mass is 10.0. The predicted molar refractivity (Wildman–Crippen MR) is 130 cm³/mol. The Balaban J connectivity index is 1.63. The number of hydrogen-bond acceptors (Lipinski definition) is 4. The van der Waals surface area contributed by atoms with Crippen LogP contribution in [0.5, 0.6) is 0 Å². The molecule has 4 nitrogen and oxygen atoms in total. The van der Waals surface area contributed by atoms with Crippen LogP contribution in [0.1, 0.15) is 26.9 Å². The van der Waals surface area contributed by atoms with Crippen LogP contribution in [0.4, 0.5) is 0 Å². The Labute approximate surface area is 196 Å². The van der Waals surface area contributed by atoms with Crippen molar-refractivity contribution in [1.29, 1.82) is 0 Å². The fourth-order valence-corrected chi connectivity index (χ4v) is 4.95. The highest BCUT2D eigenvalue weighted by Gasteiger charge is 2.31. The number of thiophene rings is 2. The Kier molecular flexibility index (Phi) is 7.48. The number of nitrogens with one attached hydrogen (secondary N) is 1. The number of hydrogen-bond donors (Lipinski definition) is 1. The van der Waals surface area contributed by atoms with Crippen molar-refractivity contribution in [3.8, 4) is 0 Å². The third-order valence-electron chi connectivity index (χ3n) is 5.12. The lowest BCUT2D eigenvalue weighted by molar-refractivity contribution is -0.141. The van der Waals surface area contributed by atoms with Crippen molar-refractivity contribution in [2.24, 2.45) is 0 Å². The molecule has 2 heterocycles. The Morgan fingerprint density at radius 3 is 2.03 bits per heavy atom. The summed E-state index contributed by atoms with van der Waals surface area (Å²) in [5.74, 6) is -0.249. The topological polar surface area (TPSA) is 49.4 Å². The summed E-state index contributed by atoms with van der Waals surface area (Å²) in [6, 6.07) is 26.5. The van der Waals surface area contributed by atoms with Gasteiger partial charge in [0.15, 0.2) is 0 Å². The number of carbonyl (C=O) groups is 2. The van der Waals surface area contributed by atoms with Crippen LogP contribution in [-0.4, -0.2) is 16.7 Å². The molecule has 0 spiro atoms. The maximum absolute atomic E-state index is 13.5. The summed E-state index contributed by atoms with van der Waals surface area (Å²) in [5.41, 5.74) is 1.82. The van der Waals surface area contributed by atoms with Gasteiger partial charge < -0.3 is 10.2 Å². The second kappa shape index (κ2) is 10.9. The number of rotatable bonds is 9. The minimum absolute atomic E-state index is 0.0652. The van der Waals surface area contributed by atoms with E-state index in [1.54, 1.807) is 27.6 Å². The number of carbonyl (C=O) groups excluding carboxylic acids is 2. The molecule has 2 aromatic heterocycles. The van der Waals surface area contributed by atoms with Crippen LogP contribution in [0, 0.1) is 0 Å². The standard InChI is InChI=1S/C26H24N2O2S2/c29-24(17-22-13-7-15-31-22)28(19-23-14-8-16-32-23)25(21-11-5-2-6-12-21)26(30)27-18-20-9-3-1-4-10-20/h1-16,25H,17-19H2,(H,27,30)/t25-/m1/s1. The quantitative estimate of drug-likeness (QED) is 0.362. The molecule has 2 aromatic carbocycles. The highest BCUT2D eigenvalue weighted by Crippen LogP contribution is 2.26. The van der Waals surface area contributed by atoms with E-state index in [1.807, 2.05) is 95.7 Å². The summed E-state index contributed by atoms with van der Waals surface area (Å²) in [6.07, 6.45) is 0.276. The molecule has 6 heteroatoms. The maximum atomic E-state index is 13.5. The molecule has 2 amide bonds. The van der Waals surface area contributed by atoms with Gasteiger partial charge >= 0.3 is 0 Å². The number of nitrogens with zero attached hydrogens (tertiary/aromatic N) is 1. The molecule has 0 fully saturated rings. The van der Waals surface area contributed by atoms with E-state index in [4.69, 9.17) is 0 Å². The monoisotopic (exact) mass is 460 g/mol. The average molecular weight is 461 g/mol. The lowest BCUT2D eigenvalue weighted by Gasteiger charge is -2.31. The molecule has 1 N–H and O–H groups in total. The van der Waals surface area contributed by atoms with Crippen LogP contribution in [0.15, 0.2) is 95.7 Å². The normalized spacial score (nSPS) is 11.6. The zero-order valence-corrected chi connectivity index (χ0v) is 19.1. The van der Waals surface area contributed by atoms with Crippen LogP contribution < -0.4 is 5.32 Å². The van der Waals surface area contributed by atoms with Gasteiger partial charge in [-0.3, -0.25) is 9.59 Å². The van der Waals surface area contributed by atoms with E-state index < -0.39 is 6.04 Å². The van der Waals surface area contributed by atoms with Gasteiger partial charge in [0.2, 0.25) is 11.8 Å². The van der Waals surface area contributed by atoms with Gasteiger partial charge in [-0.25, -0.2) is 0 Å². The molecule has 0 radical (unpaired) electrons. The molecule has 4 rings (SSSR count). The molecule has 0 aliphatic heterocycles. The van der Waals surface area contributed by atoms with Crippen LogP contribution in [0.2, 0.25) is 0 Å². The highest BCUT2D eigenvalue weighted by atomic mass is 32.1. The van der Waals surface area contributed by atoms with Crippen molar-refractivity contribution >= 4 is 34.5 Å². The van der Waals surface area contributed by atoms with Gasteiger partial charge in [0.05, 0.1) is 13.0 Å². The first-order chi connectivity index (χ1) is 15.7. The molecule has 0 aliphatic carbocycles. The summed E-state index contributed by atoms with van der Waals surface area (Å²) < 4.78 is 0. The van der Waals surface area contributed by atoms with Gasteiger partial charge in [-0.2, -0.15) is 0 Å². The molecule has 0 bridgehead atoms. The molecule has 32 heavy (non-hydrogen) atoms. The van der Waals surface area contributed by atoms with Crippen molar-refractivity contribution in [2.45, 2.75) is 25.6 Å². The van der Waals surface area contributed by atoms with Crippen molar-refractivity contribution in [1.82, 2.24) is 10.2 Å². The minimum atomic E-state index is -0.713. The molecule has 0 saturated heterocycles. The molecule has 0 aliphatic rings. The van der Waals surface area contributed by atoms with Crippen molar-refractivity contribution in [3.63, 3.8) is 0 Å². The Bertz CT molecular complexity index is 1110. The van der Waals surface area contributed by atoms with Gasteiger partial charge in [0.1, 0.15) is 6.04 Å². The van der Waals surface area contributed by atoms with Gasteiger partial charge in [-0.15, -0.1) is 22.7 Å². The number of benzene rings is 2. The summed E-state index contributed by atoms with van der Waals surface area (Å²) in [4.78, 5) is 30.7. The van der Waals surface area contributed by atoms with Crippen LogP contribution in [0.3, 0.4) is 0 Å². The highest BCUT2D eigenvalue weighted by molar-refractivity contribution is 7.10. The first-order valence-electron chi connectivity index (χ1n) is 10.4. The first kappa shape index (κ1) is 22.0. The number of amides is 2. The van der Waals surface area contributed by atoms with Crippen LogP contribution in [0.25, 0.3) is 0 Å². The Morgan fingerprint density at radius 2 is 1.41 bits per heavy atom. The molecule has 162 valence electrons. The molecule has 0 saturated carbocycles. The summed E-state index contributed by atoms with van der Waals surface area (Å²) in [5, 5.41) is 7.00. The summed E-state index contributed by atoms with van der Waals surface area (Å²) in [7, 11) is 0. The van der Waals surface area contributed by atoms with Crippen LogP contribution in [-0.2, 0) is 29.1 Å². The van der Waals surface area contributed by atoms with Gasteiger partial charge in [-0.05, 0) is 34.0 Å². The lowest BCUT2D eigenvalue weighted by Crippen LogP contribution is -2.43. The predicted octanol–water partition coefficient (Wildman–Crippen LogP) is 5.44. The average Bonchev–Trinajstić information content (AvgIpc) is 3.53. The summed E-state index contributed by atoms with van der Waals surface area (Å²) >= 11 is 3.14. The van der Waals surface area contributed by atoms with Gasteiger partial charge in [-0.1, -0.05) is 72.8 Å². The molecular weight excluding hydrogens is 436 g/mol. The second-order valence-electron chi connectivity index (χ2n) is 7.37. The van der Waals surface area contributed by atoms with Crippen LogP contribution >= 0.6 is 22.7 Å². The maximum Gasteiger partial charge on any atom is 0.247 e. The SMILES string of the molecule is O=C(NCc1ccccc1)[C@@H](c1ccccc1)N(Cc1cccs1)C(=O)Cc1cccs1. The van der Waals surface area contributed by atoms with E-state index in [0.717, 1.165) is 20.9 Å². The molecule has 1 atom stereocenters. The zero-order valence-electron chi connectivity index (χ0n) is 17.5. The van der Waals surface area contributed by atoms with Crippen molar-refractivity contribution < 1.29 is 9.59 Å². The van der Waals surface area contributed by atoms with E-state index in [2.05, 4.69) is 5.32 Å². The summed E-state index contributed by atoms with van der Waals surface area (Å²) in [6.45, 7) is 0.801. The Hall–Kier alpha value is -3.22. The first-order valence-corrected chi connectivity index (χ1v) is 12.2. The fraction of sp³-hybridized carbons (Fsp3) is 0.154. The second-order valence-corrected chi connectivity index (χ2v) is 9.44. The van der Waals surface area contributed by atoms with Gasteiger partial charge in [0, 0.05) is 16.3 Å². The van der Waals surface area contributed by atoms with E-state index in [1.165, 1.54) is 0 Å². The fourth-order valence-electron chi connectivity index (χ4n) is 3.55. The van der Waals surface area contributed by atoms with E-state index in [-0.39, 0.29) is 18.2 Å². The van der Waals surface area contributed by atoms with Crippen molar-refractivity contribution in [3.05, 3.63) is 117 Å². The van der Waals surface area contributed by atoms with Gasteiger partial charge in [0.25, 0.3) is 0 Å². The zero-order chi connectivity index (χ0) is 22.2. The molecular formula is C26H24N2O2S2.